The molecule has 0 N–H and O–H groups in total. The summed E-state index contributed by atoms with van der Waals surface area (Å²) in [5.74, 6) is 1.36. The summed E-state index contributed by atoms with van der Waals surface area (Å²) in [6.07, 6.45) is 3.41. The average Bonchev–Trinajstić information content (AvgIpc) is 2.73. The van der Waals surface area contributed by atoms with Gasteiger partial charge in [0.15, 0.2) is 18.1 Å². The lowest BCUT2D eigenvalue weighted by Gasteiger charge is -2.38. The number of rotatable bonds is 6. The number of benzene rings is 1. The van der Waals surface area contributed by atoms with Crippen LogP contribution in [0.2, 0.25) is 0 Å². The number of methoxy groups -OCH3 is 1. The van der Waals surface area contributed by atoms with Crippen LogP contribution in [0.5, 0.6) is 11.5 Å². The molecule has 0 saturated carbocycles. The second-order valence-electron chi connectivity index (χ2n) is 7.53. The predicted molar refractivity (Wildman–Crippen MR) is 107 cm³/mol. The molecule has 1 atom stereocenters. The third kappa shape index (κ3) is 5.16. The number of hydrogen-bond donors (Lipinski definition) is 0. The van der Waals surface area contributed by atoms with Crippen LogP contribution >= 0.6 is 0 Å². The number of piperazine rings is 1. The quantitative estimate of drug-likeness (QED) is 0.740. The van der Waals surface area contributed by atoms with E-state index in [-0.39, 0.29) is 18.4 Å². The molecule has 0 spiro atoms. The number of para-hydroxylation sites is 2. The van der Waals surface area contributed by atoms with Crippen LogP contribution in [0.1, 0.15) is 26.2 Å². The standard InChI is InChI=1S/C21H31N3O4/c1-17-7-5-6-10-24(17)20(25)15-22-11-13-23(14-12-22)21(26)16-28-19-9-4-3-8-18(19)27-2/h3-4,8-9,17H,5-7,10-16H2,1-2H3. The molecular formula is C21H31N3O4. The van der Waals surface area contributed by atoms with Crippen molar-refractivity contribution in [2.24, 2.45) is 0 Å². The smallest absolute Gasteiger partial charge is 0.260 e. The summed E-state index contributed by atoms with van der Waals surface area (Å²) < 4.78 is 10.9. The Morgan fingerprint density at radius 2 is 1.71 bits per heavy atom. The molecule has 2 aliphatic heterocycles. The van der Waals surface area contributed by atoms with Crippen LogP contribution < -0.4 is 9.47 Å². The van der Waals surface area contributed by atoms with Crippen LogP contribution in [0, 0.1) is 0 Å². The molecule has 3 rings (SSSR count). The Morgan fingerprint density at radius 3 is 2.39 bits per heavy atom. The molecule has 154 valence electrons. The van der Waals surface area contributed by atoms with Crippen molar-refractivity contribution in [2.45, 2.75) is 32.2 Å². The highest BCUT2D eigenvalue weighted by Gasteiger charge is 2.27. The lowest BCUT2D eigenvalue weighted by atomic mass is 10.0. The minimum Gasteiger partial charge on any atom is -0.493 e. The van der Waals surface area contributed by atoms with E-state index >= 15 is 0 Å². The Morgan fingerprint density at radius 1 is 1.00 bits per heavy atom. The van der Waals surface area contributed by atoms with Gasteiger partial charge < -0.3 is 19.3 Å². The fourth-order valence-corrected chi connectivity index (χ4v) is 3.87. The SMILES string of the molecule is COc1ccccc1OCC(=O)N1CCN(CC(=O)N2CCCCC2C)CC1. The minimum absolute atomic E-state index is 0.00933. The molecule has 7 heteroatoms. The molecule has 2 fully saturated rings. The molecule has 0 aromatic heterocycles. The van der Waals surface area contributed by atoms with Gasteiger partial charge in [-0.2, -0.15) is 0 Å². The van der Waals surface area contributed by atoms with Crippen LogP contribution in [-0.4, -0.2) is 85.5 Å². The van der Waals surface area contributed by atoms with Crippen molar-refractivity contribution in [3.63, 3.8) is 0 Å². The van der Waals surface area contributed by atoms with E-state index in [4.69, 9.17) is 9.47 Å². The summed E-state index contributed by atoms with van der Waals surface area (Å²) in [7, 11) is 1.58. The third-order valence-electron chi connectivity index (χ3n) is 5.63. The van der Waals surface area contributed by atoms with Crippen molar-refractivity contribution in [2.75, 3.05) is 53.0 Å². The predicted octanol–water partition coefficient (Wildman–Crippen LogP) is 1.62. The van der Waals surface area contributed by atoms with E-state index < -0.39 is 0 Å². The van der Waals surface area contributed by atoms with Crippen LogP contribution in [-0.2, 0) is 9.59 Å². The van der Waals surface area contributed by atoms with E-state index in [0.717, 1.165) is 19.4 Å². The fraction of sp³-hybridized carbons (Fsp3) is 0.619. The Kier molecular flexibility index (Phi) is 7.14. The lowest BCUT2D eigenvalue weighted by Crippen LogP contribution is -2.53. The zero-order valence-electron chi connectivity index (χ0n) is 16.9. The summed E-state index contributed by atoms with van der Waals surface area (Å²) in [5.41, 5.74) is 0. The molecule has 1 unspecified atom stereocenters. The molecule has 0 aliphatic carbocycles. The molecule has 7 nitrogen and oxygen atoms in total. The van der Waals surface area contributed by atoms with Crippen LogP contribution in [0.3, 0.4) is 0 Å². The molecular weight excluding hydrogens is 358 g/mol. The average molecular weight is 389 g/mol. The molecule has 0 radical (unpaired) electrons. The van der Waals surface area contributed by atoms with Crippen LogP contribution in [0.15, 0.2) is 24.3 Å². The van der Waals surface area contributed by atoms with Crippen molar-refractivity contribution < 1.29 is 19.1 Å². The van der Waals surface area contributed by atoms with Gasteiger partial charge in [-0.05, 0) is 38.3 Å². The molecule has 28 heavy (non-hydrogen) atoms. The van der Waals surface area contributed by atoms with Crippen molar-refractivity contribution in [1.82, 2.24) is 14.7 Å². The first-order valence-corrected chi connectivity index (χ1v) is 10.1. The maximum atomic E-state index is 12.6. The number of nitrogens with zero attached hydrogens (tertiary/aromatic N) is 3. The number of carbonyl (C=O) groups excluding carboxylic acids is 2. The van der Waals surface area contributed by atoms with Crippen molar-refractivity contribution >= 4 is 11.8 Å². The maximum absolute atomic E-state index is 12.6. The topological polar surface area (TPSA) is 62.3 Å². The van der Waals surface area contributed by atoms with Gasteiger partial charge in [-0.15, -0.1) is 0 Å². The number of amides is 2. The van der Waals surface area contributed by atoms with Gasteiger partial charge in [0.1, 0.15) is 0 Å². The van der Waals surface area contributed by atoms with Gasteiger partial charge in [0.05, 0.1) is 13.7 Å². The molecule has 2 aliphatic rings. The molecule has 1 aromatic carbocycles. The third-order valence-corrected chi connectivity index (χ3v) is 5.63. The van der Waals surface area contributed by atoms with Gasteiger partial charge in [0.25, 0.3) is 5.91 Å². The van der Waals surface area contributed by atoms with Crippen LogP contribution in [0.4, 0.5) is 0 Å². The summed E-state index contributed by atoms with van der Waals surface area (Å²) in [4.78, 5) is 31.0. The summed E-state index contributed by atoms with van der Waals surface area (Å²) in [5, 5.41) is 0. The van der Waals surface area contributed by atoms with Gasteiger partial charge >= 0.3 is 0 Å². The molecule has 2 amide bonds. The normalized spacial score (nSPS) is 20.7. The van der Waals surface area contributed by atoms with E-state index in [1.807, 2.05) is 17.0 Å². The molecule has 0 bridgehead atoms. The maximum Gasteiger partial charge on any atom is 0.260 e. The van der Waals surface area contributed by atoms with Crippen molar-refractivity contribution in [1.29, 1.82) is 0 Å². The fourth-order valence-electron chi connectivity index (χ4n) is 3.87. The van der Waals surface area contributed by atoms with E-state index in [2.05, 4.69) is 11.8 Å². The number of carbonyl (C=O) groups is 2. The first kappa shape index (κ1) is 20.5. The van der Waals surface area contributed by atoms with Gasteiger partial charge in [-0.1, -0.05) is 12.1 Å². The first-order valence-electron chi connectivity index (χ1n) is 10.1. The Hall–Kier alpha value is -2.28. The van der Waals surface area contributed by atoms with Crippen molar-refractivity contribution in [3.05, 3.63) is 24.3 Å². The number of piperidine rings is 1. The Balaban J connectivity index is 1.42. The number of likely N-dealkylation sites (tertiary alicyclic amines) is 1. The summed E-state index contributed by atoms with van der Waals surface area (Å²) in [6, 6.07) is 7.65. The number of ether oxygens (including phenoxy) is 2. The van der Waals surface area contributed by atoms with E-state index in [1.54, 1.807) is 24.1 Å². The molecule has 2 heterocycles. The lowest BCUT2D eigenvalue weighted by molar-refractivity contribution is -0.138. The second-order valence-corrected chi connectivity index (χ2v) is 7.53. The highest BCUT2D eigenvalue weighted by atomic mass is 16.5. The minimum atomic E-state index is -0.0402. The summed E-state index contributed by atoms with van der Waals surface area (Å²) in [6.45, 7) is 6.12. The largest absolute Gasteiger partial charge is 0.493 e. The molecule has 1 aromatic rings. The van der Waals surface area contributed by atoms with Gasteiger partial charge in [-0.3, -0.25) is 14.5 Å². The first-order chi connectivity index (χ1) is 13.6. The van der Waals surface area contributed by atoms with E-state index in [9.17, 15) is 9.59 Å². The van der Waals surface area contributed by atoms with Crippen LogP contribution in [0.25, 0.3) is 0 Å². The van der Waals surface area contributed by atoms with E-state index in [0.29, 0.717) is 50.3 Å². The Labute approximate surface area is 167 Å². The van der Waals surface area contributed by atoms with Gasteiger partial charge in [0.2, 0.25) is 5.91 Å². The summed E-state index contributed by atoms with van der Waals surface area (Å²) >= 11 is 0. The van der Waals surface area contributed by atoms with Gasteiger partial charge in [-0.25, -0.2) is 0 Å². The number of hydrogen-bond acceptors (Lipinski definition) is 5. The van der Waals surface area contributed by atoms with Crippen molar-refractivity contribution in [3.8, 4) is 11.5 Å². The zero-order valence-corrected chi connectivity index (χ0v) is 16.9. The highest BCUT2D eigenvalue weighted by molar-refractivity contribution is 5.79. The van der Waals surface area contributed by atoms with E-state index in [1.165, 1.54) is 6.42 Å². The molecule has 2 saturated heterocycles. The van der Waals surface area contributed by atoms with Gasteiger partial charge in [0, 0.05) is 38.8 Å². The Bertz CT molecular complexity index is 673. The zero-order chi connectivity index (χ0) is 19.9. The monoisotopic (exact) mass is 389 g/mol. The highest BCUT2D eigenvalue weighted by Crippen LogP contribution is 2.25. The second kappa shape index (κ2) is 9.78.